The number of nitrogens with zero attached hydrogens (tertiary/aromatic N) is 1. The Labute approximate surface area is 124 Å². The van der Waals surface area contributed by atoms with Crippen molar-refractivity contribution in [3.63, 3.8) is 0 Å². The Bertz CT molecular complexity index is 596. The Kier molecular flexibility index (Phi) is 4.97. The lowest BCUT2D eigenvalue weighted by molar-refractivity contribution is -0.141. The molecule has 2 rings (SSSR count). The van der Waals surface area contributed by atoms with E-state index in [2.05, 4.69) is 0 Å². The second-order valence-electron chi connectivity index (χ2n) is 5.07. The van der Waals surface area contributed by atoms with Crippen LogP contribution in [0.15, 0.2) is 29.2 Å². The molecule has 1 N–H and O–H groups in total. The first-order chi connectivity index (χ1) is 9.95. The molecule has 1 aromatic carbocycles. The van der Waals surface area contributed by atoms with Gasteiger partial charge >= 0.3 is 5.97 Å². The van der Waals surface area contributed by atoms with Crippen LogP contribution >= 0.6 is 0 Å². The van der Waals surface area contributed by atoms with Crippen molar-refractivity contribution >= 4 is 16.0 Å². The maximum absolute atomic E-state index is 12.4. The lowest BCUT2D eigenvalue weighted by Crippen LogP contribution is -2.30. The third kappa shape index (κ3) is 3.61. The zero-order chi connectivity index (χ0) is 15.5. The molecule has 1 saturated heterocycles. The van der Waals surface area contributed by atoms with Crippen LogP contribution in [0.4, 0.5) is 0 Å². The van der Waals surface area contributed by atoms with Gasteiger partial charge in [-0.05, 0) is 30.5 Å². The molecule has 0 aromatic heterocycles. The van der Waals surface area contributed by atoms with Crippen molar-refractivity contribution in [2.75, 3.05) is 26.8 Å². The van der Waals surface area contributed by atoms with E-state index < -0.39 is 21.9 Å². The van der Waals surface area contributed by atoms with Crippen LogP contribution < -0.4 is 0 Å². The number of carboxylic acids is 1. The number of hydrogen-bond donors (Lipinski definition) is 1. The minimum Gasteiger partial charge on any atom is -0.481 e. The van der Waals surface area contributed by atoms with Gasteiger partial charge in [0.25, 0.3) is 0 Å². The first kappa shape index (κ1) is 15.9. The van der Waals surface area contributed by atoms with Crippen LogP contribution in [0.25, 0.3) is 0 Å². The molecule has 1 fully saturated rings. The minimum absolute atomic E-state index is 0.0447. The number of ether oxygens (including phenoxy) is 1. The molecule has 0 bridgehead atoms. The van der Waals surface area contributed by atoms with Gasteiger partial charge in [-0.1, -0.05) is 12.1 Å². The molecule has 7 heteroatoms. The Hall–Kier alpha value is -1.44. The molecule has 0 amide bonds. The Morgan fingerprint density at radius 1 is 1.38 bits per heavy atom. The SMILES string of the molecule is COCCc1ccc(S(=O)(=O)N2CCC(C(=O)O)C2)cc1. The highest BCUT2D eigenvalue weighted by Crippen LogP contribution is 2.24. The zero-order valence-corrected chi connectivity index (χ0v) is 12.7. The van der Waals surface area contributed by atoms with Crippen LogP contribution in [0.2, 0.25) is 0 Å². The molecule has 116 valence electrons. The summed E-state index contributed by atoms with van der Waals surface area (Å²) < 4.78 is 31.1. The average molecular weight is 313 g/mol. The number of benzene rings is 1. The van der Waals surface area contributed by atoms with Crippen molar-refractivity contribution in [1.82, 2.24) is 4.31 Å². The summed E-state index contributed by atoms with van der Waals surface area (Å²) in [6.45, 7) is 0.881. The number of methoxy groups -OCH3 is 1. The predicted molar refractivity (Wildman–Crippen MR) is 76.5 cm³/mol. The van der Waals surface area contributed by atoms with Gasteiger partial charge in [-0.2, -0.15) is 4.31 Å². The van der Waals surface area contributed by atoms with Crippen molar-refractivity contribution in [2.45, 2.75) is 17.7 Å². The van der Waals surface area contributed by atoms with Gasteiger partial charge in [-0.15, -0.1) is 0 Å². The van der Waals surface area contributed by atoms with Crippen LogP contribution in [0.1, 0.15) is 12.0 Å². The van der Waals surface area contributed by atoms with Gasteiger partial charge in [0.1, 0.15) is 0 Å². The molecule has 1 aliphatic heterocycles. The van der Waals surface area contributed by atoms with E-state index in [1.165, 1.54) is 4.31 Å². The van der Waals surface area contributed by atoms with Gasteiger partial charge in [0.05, 0.1) is 17.4 Å². The van der Waals surface area contributed by atoms with Crippen molar-refractivity contribution in [2.24, 2.45) is 5.92 Å². The number of aliphatic carboxylic acids is 1. The van der Waals surface area contributed by atoms with Crippen molar-refractivity contribution in [3.8, 4) is 0 Å². The monoisotopic (exact) mass is 313 g/mol. The maximum Gasteiger partial charge on any atom is 0.307 e. The Balaban J connectivity index is 2.11. The molecule has 1 unspecified atom stereocenters. The summed E-state index contributed by atoms with van der Waals surface area (Å²) >= 11 is 0. The Morgan fingerprint density at radius 3 is 2.57 bits per heavy atom. The van der Waals surface area contributed by atoms with Crippen LogP contribution in [-0.2, 0) is 26.0 Å². The fourth-order valence-electron chi connectivity index (χ4n) is 2.35. The molecule has 0 saturated carbocycles. The molecule has 0 radical (unpaired) electrons. The van der Waals surface area contributed by atoms with Crippen molar-refractivity contribution in [1.29, 1.82) is 0 Å². The molecule has 6 nitrogen and oxygen atoms in total. The summed E-state index contributed by atoms with van der Waals surface area (Å²) in [4.78, 5) is 11.1. The summed E-state index contributed by atoms with van der Waals surface area (Å²) in [5.41, 5.74) is 1.00. The molecule has 1 atom stereocenters. The number of carboxylic acid groups (broad SMARTS) is 1. The van der Waals surface area contributed by atoms with Gasteiger partial charge in [-0.25, -0.2) is 8.42 Å². The molecule has 1 aromatic rings. The smallest absolute Gasteiger partial charge is 0.307 e. The van der Waals surface area contributed by atoms with E-state index in [1.54, 1.807) is 31.4 Å². The topological polar surface area (TPSA) is 83.9 Å². The lowest BCUT2D eigenvalue weighted by Gasteiger charge is -2.16. The molecule has 0 aliphatic carbocycles. The van der Waals surface area contributed by atoms with E-state index >= 15 is 0 Å². The minimum atomic E-state index is -3.60. The zero-order valence-electron chi connectivity index (χ0n) is 11.9. The van der Waals surface area contributed by atoms with Crippen LogP contribution in [0, 0.1) is 5.92 Å². The largest absolute Gasteiger partial charge is 0.481 e. The van der Waals surface area contributed by atoms with Crippen LogP contribution in [0.5, 0.6) is 0 Å². The standard InChI is InChI=1S/C14H19NO5S/c1-20-9-7-11-2-4-13(5-3-11)21(18,19)15-8-6-12(10-15)14(16)17/h2-5,12H,6-10H2,1H3,(H,16,17). The molecule has 1 heterocycles. The number of carbonyl (C=O) groups is 1. The second-order valence-corrected chi connectivity index (χ2v) is 7.01. The van der Waals surface area contributed by atoms with Gasteiger partial charge in [0.15, 0.2) is 0 Å². The van der Waals surface area contributed by atoms with Crippen molar-refractivity contribution < 1.29 is 23.1 Å². The van der Waals surface area contributed by atoms with Crippen molar-refractivity contribution in [3.05, 3.63) is 29.8 Å². The fourth-order valence-corrected chi connectivity index (χ4v) is 3.85. The Morgan fingerprint density at radius 2 is 2.05 bits per heavy atom. The molecule has 0 spiro atoms. The third-order valence-electron chi connectivity index (χ3n) is 3.66. The van der Waals surface area contributed by atoms with E-state index in [0.717, 1.165) is 12.0 Å². The van der Waals surface area contributed by atoms with Crippen LogP contribution in [-0.4, -0.2) is 50.6 Å². The third-order valence-corrected chi connectivity index (χ3v) is 5.54. The van der Waals surface area contributed by atoms with Crippen LogP contribution in [0.3, 0.4) is 0 Å². The summed E-state index contributed by atoms with van der Waals surface area (Å²) in [5.74, 6) is -1.55. The van der Waals surface area contributed by atoms with E-state index in [1.807, 2.05) is 0 Å². The summed E-state index contributed by atoms with van der Waals surface area (Å²) in [7, 11) is -1.99. The van der Waals surface area contributed by atoms with Gasteiger partial charge < -0.3 is 9.84 Å². The molecule has 1 aliphatic rings. The first-order valence-electron chi connectivity index (χ1n) is 6.76. The summed E-state index contributed by atoms with van der Waals surface area (Å²) in [5, 5.41) is 8.95. The quantitative estimate of drug-likeness (QED) is 0.846. The summed E-state index contributed by atoms with van der Waals surface area (Å²) in [6.07, 6.45) is 1.09. The highest BCUT2D eigenvalue weighted by Gasteiger charge is 2.35. The molecular weight excluding hydrogens is 294 g/mol. The first-order valence-corrected chi connectivity index (χ1v) is 8.20. The van der Waals surface area contributed by atoms with E-state index in [0.29, 0.717) is 13.0 Å². The van der Waals surface area contributed by atoms with E-state index in [9.17, 15) is 13.2 Å². The van der Waals surface area contributed by atoms with Gasteiger partial charge in [-0.3, -0.25) is 4.79 Å². The maximum atomic E-state index is 12.4. The van der Waals surface area contributed by atoms with E-state index in [-0.39, 0.29) is 18.0 Å². The fraction of sp³-hybridized carbons (Fsp3) is 0.500. The molecule has 21 heavy (non-hydrogen) atoms. The number of hydrogen-bond acceptors (Lipinski definition) is 4. The highest BCUT2D eigenvalue weighted by molar-refractivity contribution is 7.89. The number of rotatable bonds is 6. The highest BCUT2D eigenvalue weighted by atomic mass is 32.2. The van der Waals surface area contributed by atoms with E-state index in [4.69, 9.17) is 9.84 Å². The second kappa shape index (κ2) is 6.55. The number of sulfonamides is 1. The lowest BCUT2D eigenvalue weighted by atomic mass is 10.1. The predicted octanol–water partition coefficient (Wildman–Crippen LogP) is 0.971. The van der Waals surface area contributed by atoms with Gasteiger partial charge in [0, 0.05) is 20.2 Å². The average Bonchev–Trinajstić information content (AvgIpc) is 2.96. The molecular formula is C14H19NO5S. The van der Waals surface area contributed by atoms with Gasteiger partial charge in [0.2, 0.25) is 10.0 Å². The normalized spacial score (nSPS) is 19.8. The summed E-state index contributed by atoms with van der Waals surface area (Å²) in [6, 6.07) is 6.65.